The van der Waals surface area contributed by atoms with Gasteiger partial charge in [0.05, 0.1) is 0 Å². The summed E-state index contributed by atoms with van der Waals surface area (Å²) in [5.41, 5.74) is 7.54. The van der Waals surface area contributed by atoms with Crippen LogP contribution in [0.2, 0.25) is 0 Å². The summed E-state index contributed by atoms with van der Waals surface area (Å²) in [7, 11) is 0. The number of amides is 3. The van der Waals surface area contributed by atoms with Crippen molar-refractivity contribution >= 4 is 41.6 Å². The molecular formula is C15H20N4O9S. The first-order valence-corrected chi connectivity index (χ1v) is 9.38. The number of primary amides is 1. The minimum absolute atomic E-state index is 0.00893. The van der Waals surface area contributed by atoms with E-state index in [2.05, 4.69) is 10.1 Å². The summed E-state index contributed by atoms with van der Waals surface area (Å²) in [5.74, 6) is -4.45. The van der Waals surface area contributed by atoms with Gasteiger partial charge in [0.2, 0.25) is 5.91 Å². The zero-order valence-electron chi connectivity index (χ0n) is 15.0. The van der Waals surface area contributed by atoms with Crippen molar-refractivity contribution in [3.63, 3.8) is 0 Å². The highest BCUT2D eigenvalue weighted by Gasteiger charge is 2.65. The summed E-state index contributed by atoms with van der Waals surface area (Å²) in [5, 5.41) is 29.7. The summed E-state index contributed by atoms with van der Waals surface area (Å²) < 4.78 is 4.58. The number of ether oxygens (including phenoxy) is 1. The molecule has 29 heavy (non-hydrogen) atoms. The summed E-state index contributed by atoms with van der Waals surface area (Å²) in [6.45, 7) is -0.435. The van der Waals surface area contributed by atoms with Gasteiger partial charge in [-0.15, -0.1) is 11.8 Å². The fourth-order valence-electron chi connectivity index (χ4n) is 2.87. The topological polar surface area (TPSA) is 223 Å². The number of nitrogens with two attached hydrogens (primary N) is 2. The number of hydrogen-bond donors (Lipinski definition) is 6. The molecule has 3 unspecified atom stereocenters. The molecule has 0 spiro atoms. The van der Waals surface area contributed by atoms with Crippen LogP contribution in [0.25, 0.3) is 0 Å². The van der Waals surface area contributed by atoms with Crippen molar-refractivity contribution in [2.45, 2.75) is 36.4 Å². The molecule has 14 heteroatoms. The van der Waals surface area contributed by atoms with Gasteiger partial charge >= 0.3 is 18.0 Å². The second-order valence-corrected chi connectivity index (χ2v) is 7.42. The maximum atomic E-state index is 12.4. The molecule has 0 radical (unpaired) electrons. The number of aliphatic hydroxyl groups is 1. The molecule has 1 fully saturated rings. The molecule has 0 aromatic heterocycles. The molecule has 2 heterocycles. The highest BCUT2D eigenvalue weighted by molar-refractivity contribution is 8.00. The zero-order valence-corrected chi connectivity index (χ0v) is 15.8. The Kier molecular flexibility index (Phi) is 6.71. The molecule has 0 saturated carbocycles. The van der Waals surface area contributed by atoms with Gasteiger partial charge in [-0.3, -0.25) is 19.3 Å². The summed E-state index contributed by atoms with van der Waals surface area (Å²) >= 11 is 0.969. The van der Waals surface area contributed by atoms with E-state index in [9.17, 15) is 34.2 Å². The van der Waals surface area contributed by atoms with Crippen LogP contribution in [0.15, 0.2) is 11.3 Å². The zero-order chi connectivity index (χ0) is 21.9. The number of aliphatic carboxylic acids is 2. The van der Waals surface area contributed by atoms with Crippen LogP contribution in [0.1, 0.15) is 19.3 Å². The number of nitrogens with one attached hydrogen (secondary N) is 1. The molecule has 160 valence electrons. The number of β-lactam (4-membered cyclic amide) rings is 1. The van der Waals surface area contributed by atoms with Gasteiger partial charge in [0, 0.05) is 17.7 Å². The predicted molar refractivity (Wildman–Crippen MR) is 95.8 cm³/mol. The van der Waals surface area contributed by atoms with Gasteiger partial charge in [-0.2, -0.15) is 0 Å². The molecule has 3 amide bonds. The number of carbonyl (C=O) groups excluding carboxylic acids is 3. The SMILES string of the molecule is NC(=O)OCC1=C(C(=O)O)N2C(=O)C(O)(NC(=O)CCCC(N)C(=O)O)C2SC1. The van der Waals surface area contributed by atoms with Crippen molar-refractivity contribution in [1.29, 1.82) is 0 Å². The lowest BCUT2D eigenvalue weighted by molar-refractivity contribution is -0.186. The minimum atomic E-state index is -2.31. The lowest BCUT2D eigenvalue weighted by Gasteiger charge is -2.54. The van der Waals surface area contributed by atoms with Gasteiger partial charge in [0.1, 0.15) is 23.7 Å². The van der Waals surface area contributed by atoms with E-state index in [4.69, 9.17) is 16.6 Å². The lowest BCUT2D eigenvalue weighted by Crippen LogP contribution is -2.80. The number of carboxylic acids is 2. The van der Waals surface area contributed by atoms with E-state index in [1.807, 2.05) is 0 Å². The van der Waals surface area contributed by atoms with Gasteiger partial charge in [-0.05, 0) is 12.8 Å². The first-order valence-electron chi connectivity index (χ1n) is 8.33. The minimum Gasteiger partial charge on any atom is -0.480 e. The van der Waals surface area contributed by atoms with E-state index < -0.39 is 59.3 Å². The predicted octanol–water partition coefficient (Wildman–Crippen LogP) is -2.28. The lowest BCUT2D eigenvalue weighted by atomic mass is 9.98. The van der Waals surface area contributed by atoms with Crippen LogP contribution in [0.5, 0.6) is 0 Å². The van der Waals surface area contributed by atoms with Crippen molar-refractivity contribution in [2.75, 3.05) is 12.4 Å². The third-order valence-corrected chi connectivity index (χ3v) is 5.67. The fraction of sp³-hybridized carbons (Fsp3) is 0.533. The average molecular weight is 432 g/mol. The van der Waals surface area contributed by atoms with Gasteiger partial charge in [0.15, 0.2) is 0 Å². The third kappa shape index (κ3) is 4.60. The normalized spacial score (nSPS) is 24.3. The molecule has 2 aliphatic heterocycles. The maximum absolute atomic E-state index is 12.4. The quantitative estimate of drug-likeness (QED) is 0.168. The number of nitrogens with zero attached hydrogens (tertiary/aromatic N) is 1. The Morgan fingerprint density at radius 3 is 2.55 bits per heavy atom. The Labute approximate surface area is 168 Å². The first-order chi connectivity index (χ1) is 13.5. The second kappa shape index (κ2) is 8.67. The van der Waals surface area contributed by atoms with Crippen LogP contribution in [0.3, 0.4) is 0 Å². The maximum Gasteiger partial charge on any atom is 0.404 e. The van der Waals surface area contributed by atoms with E-state index >= 15 is 0 Å². The summed E-state index contributed by atoms with van der Waals surface area (Å²) in [4.78, 5) is 58.3. The summed E-state index contributed by atoms with van der Waals surface area (Å²) in [6.07, 6.45) is -1.17. The largest absolute Gasteiger partial charge is 0.480 e. The van der Waals surface area contributed by atoms with E-state index in [1.165, 1.54) is 0 Å². The van der Waals surface area contributed by atoms with Crippen molar-refractivity contribution in [3.05, 3.63) is 11.3 Å². The highest BCUT2D eigenvalue weighted by Crippen LogP contribution is 2.45. The van der Waals surface area contributed by atoms with Crippen LogP contribution >= 0.6 is 11.8 Å². The Hall–Kier alpha value is -2.84. The van der Waals surface area contributed by atoms with E-state index in [1.54, 1.807) is 0 Å². The molecule has 2 aliphatic rings. The van der Waals surface area contributed by atoms with E-state index in [0.717, 1.165) is 16.7 Å². The van der Waals surface area contributed by atoms with E-state index in [-0.39, 0.29) is 30.6 Å². The van der Waals surface area contributed by atoms with Crippen LogP contribution in [-0.2, 0) is 23.9 Å². The summed E-state index contributed by atoms with van der Waals surface area (Å²) in [6, 6.07) is -1.13. The second-order valence-electron chi connectivity index (χ2n) is 6.36. The van der Waals surface area contributed by atoms with Crippen molar-refractivity contribution < 1.29 is 44.0 Å². The standard InChI is InChI=1S/C15H20N4O9S/c16-7(10(21)22)2-1-3-8(20)18-15(27)12(25)19-9(11(23)24)6(4-28-14(17)26)5-29-13(15)19/h7,13,27H,1-5,16H2,(H2,17,26)(H,18,20)(H,21,22)(H,23,24). The van der Waals surface area contributed by atoms with Crippen molar-refractivity contribution in [1.82, 2.24) is 10.2 Å². The fourth-order valence-corrected chi connectivity index (χ4v) is 4.20. The molecule has 13 nitrogen and oxygen atoms in total. The number of carbonyl (C=O) groups is 5. The highest BCUT2D eigenvalue weighted by atomic mass is 32.2. The molecule has 0 bridgehead atoms. The number of fused-ring (bicyclic) bond motifs is 1. The number of rotatable bonds is 9. The van der Waals surface area contributed by atoms with Gasteiger partial charge < -0.3 is 36.8 Å². The van der Waals surface area contributed by atoms with Crippen LogP contribution in [0.4, 0.5) is 4.79 Å². The molecule has 2 rings (SSSR count). The smallest absolute Gasteiger partial charge is 0.404 e. The Balaban J connectivity index is 2.05. The average Bonchev–Trinajstić information content (AvgIpc) is 2.64. The van der Waals surface area contributed by atoms with Crippen LogP contribution < -0.4 is 16.8 Å². The van der Waals surface area contributed by atoms with Gasteiger partial charge in [-0.1, -0.05) is 0 Å². The molecule has 0 aliphatic carbocycles. The monoisotopic (exact) mass is 432 g/mol. The third-order valence-electron chi connectivity index (χ3n) is 4.29. The molecule has 1 saturated heterocycles. The molecule has 0 aromatic carbocycles. The van der Waals surface area contributed by atoms with Gasteiger partial charge in [0.25, 0.3) is 11.6 Å². The Bertz CT molecular complexity index is 786. The molecule has 8 N–H and O–H groups in total. The molecule has 3 atom stereocenters. The van der Waals surface area contributed by atoms with E-state index in [0.29, 0.717) is 0 Å². The molecule has 0 aromatic rings. The Morgan fingerprint density at radius 2 is 2.00 bits per heavy atom. The number of carboxylic acid groups (broad SMARTS) is 2. The number of thioether (sulfide) groups is 1. The number of hydrogen-bond acceptors (Lipinski definition) is 9. The van der Waals surface area contributed by atoms with Crippen molar-refractivity contribution in [3.8, 4) is 0 Å². The van der Waals surface area contributed by atoms with Crippen molar-refractivity contribution in [2.24, 2.45) is 11.5 Å². The first kappa shape index (κ1) is 22.4. The van der Waals surface area contributed by atoms with Gasteiger partial charge in [-0.25, -0.2) is 9.59 Å². The van der Waals surface area contributed by atoms with Crippen LogP contribution in [-0.4, -0.2) is 79.6 Å². The Morgan fingerprint density at radius 1 is 1.34 bits per heavy atom. The van der Waals surface area contributed by atoms with Crippen LogP contribution in [0, 0.1) is 0 Å². The molecular weight excluding hydrogens is 412 g/mol.